The zero-order valence-corrected chi connectivity index (χ0v) is 12.6. The summed E-state index contributed by atoms with van der Waals surface area (Å²) in [5.74, 6) is 0.322. The van der Waals surface area contributed by atoms with Crippen LogP contribution in [0.3, 0.4) is 0 Å². The summed E-state index contributed by atoms with van der Waals surface area (Å²) in [5, 5.41) is 10.7. The monoisotopic (exact) mass is 306 g/mol. The maximum atomic E-state index is 11.9. The van der Waals surface area contributed by atoms with Crippen molar-refractivity contribution in [2.75, 3.05) is 6.54 Å². The summed E-state index contributed by atoms with van der Waals surface area (Å²) in [6.45, 7) is 6.18. The lowest BCUT2D eigenvalue weighted by atomic mass is 10.2. The molecule has 7 heteroatoms. The molecule has 0 fully saturated rings. The highest BCUT2D eigenvalue weighted by atomic mass is 16.2. The third-order valence-electron chi connectivity index (χ3n) is 3.09. The average Bonchev–Trinajstić information content (AvgIpc) is 2.90. The third kappa shape index (κ3) is 6.25. The first-order valence-electron chi connectivity index (χ1n) is 7.13. The molecule has 1 unspecified atom stereocenters. The van der Waals surface area contributed by atoms with E-state index in [2.05, 4.69) is 27.8 Å². The molecule has 0 aromatic heterocycles. The minimum absolute atomic E-state index is 0.175. The number of carbonyl (C=O) groups is 3. The lowest BCUT2D eigenvalue weighted by molar-refractivity contribution is -0.125. The molecule has 0 radical (unpaired) electrons. The summed E-state index contributed by atoms with van der Waals surface area (Å²) >= 11 is 0. The van der Waals surface area contributed by atoms with Crippen molar-refractivity contribution in [2.45, 2.75) is 32.2 Å². The SMILES string of the molecule is C=C/C=C\C1=C(NC(=O)NC(C)CCC(=O)NC=O)NCC1. The van der Waals surface area contributed by atoms with E-state index in [1.165, 1.54) is 0 Å². The van der Waals surface area contributed by atoms with Gasteiger partial charge in [0.05, 0.1) is 0 Å². The maximum Gasteiger partial charge on any atom is 0.320 e. The fourth-order valence-corrected chi connectivity index (χ4v) is 1.97. The minimum Gasteiger partial charge on any atom is -0.371 e. The van der Waals surface area contributed by atoms with Gasteiger partial charge in [-0.25, -0.2) is 4.79 Å². The second kappa shape index (κ2) is 9.38. The van der Waals surface area contributed by atoms with Gasteiger partial charge < -0.3 is 10.6 Å². The van der Waals surface area contributed by atoms with Gasteiger partial charge in [0, 0.05) is 19.0 Å². The number of imide groups is 1. The molecule has 1 heterocycles. The standard InChI is InChI=1S/C15H22N4O3/c1-3-4-5-12-8-9-16-14(12)19-15(22)18-11(2)6-7-13(21)17-10-20/h3-5,10-11,16H,1,6-9H2,2H3,(H,17,20,21)(H2,18,19,22)/b5-4-. The van der Waals surface area contributed by atoms with Crippen molar-refractivity contribution < 1.29 is 14.4 Å². The lowest BCUT2D eigenvalue weighted by Crippen LogP contribution is -2.42. The number of hydrogen-bond donors (Lipinski definition) is 4. The van der Waals surface area contributed by atoms with E-state index >= 15 is 0 Å². The van der Waals surface area contributed by atoms with Crippen LogP contribution in [0, 0.1) is 0 Å². The quantitative estimate of drug-likeness (QED) is 0.391. The number of allylic oxidation sites excluding steroid dienone is 3. The van der Waals surface area contributed by atoms with Gasteiger partial charge in [-0.2, -0.15) is 0 Å². The van der Waals surface area contributed by atoms with Crippen LogP contribution < -0.4 is 21.3 Å². The summed E-state index contributed by atoms with van der Waals surface area (Å²) in [6.07, 6.45) is 7.20. The molecular weight excluding hydrogens is 284 g/mol. The number of hydrogen-bond acceptors (Lipinski definition) is 4. The van der Waals surface area contributed by atoms with Gasteiger partial charge in [-0.3, -0.25) is 20.2 Å². The largest absolute Gasteiger partial charge is 0.371 e. The Balaban J connectivity index is 2.41. The van der Waals surface area contributed by atoms with Crippen LogP contribution in [-0.2, 0) is 9.59 Å². The topological polar surface area (TPSA) is 99.3 Å². The fourth-order valence-electron chi connectivity index (χ4n) is 1.97. The highest BCUT2D eigenvalue weighted by Crippen LogP contribution is 2.12. The Kier molecular flexibility index (Phi) is 7.45. The Morgan fingerprint density at radius 1 is 1.45 bits per heavy atom. The second-order valence-corrected chi connectivity index (χ2v) is 4.90. The molecule has 120 valence electrons. The Morgan fingerprint density at radius 3 is 2.91 bits per heavy atom. The zero-order valence-electron chi connectivity index (χ0n) is 12.6. The summed E-state index contributed by atoms with van der Waals surface area (Å²) in [7, 11) is 0. The molecule has 22 heavy (non-hydrogen) atoms. The van der Waals surface area contributed by atoms with E-state index in [1.54, 1.807) is 13.0 Å². The first-order valence-corrected chi connectivity index (χ1v) is 7.13. The molecule has 4 N–H and O–H groups in total. The van der Waals surface area contributed by atoms with Gasteiger partial charge in [0.2, 0.25) is 12.3 Å². The molecule has 0 saturated carbocycles. The molecule has 1 atom stereocenters. The van der Waals surface area contributed by atoms with E-state index in [4.69, 9.17) is 0 Å². The second-order valence-electron chi connectivity index (χ2n) is 4.90. The third-order valence-corrected chi connectivity index (χ3v) is 3.09. The first-order chi connectivity index (χ1) is 10.6. The minimum atomic E-state index is -0.360. The fraction of sp³-hybridized carbons (Fsp3) is 0.400. The van der Waals surface area contributed by atoms with E-state index < -0.39 is 0 Å². The molecule has 4 amide bonds. The van der Waals surface area contributed by atoms with Crippen molar-refractivity contribution >= 4 is 18.3 Å². The molecule has 0 aromatic rings. The number of carbonyl (C=O) groups excluding carboxylic acids is 3. The van der Waals surface area contributed by atoms with E-state index in [-0.39, 0.29) is 24.4 Å². The number of urea groups is 1. The molecule has 7 nitrogen and oxygen atoms in total. The van der Waals surface area contributed by atoms with Gasteiger partial charge in [0.15, 0.2) is 0 Å². The van der Waals surface area contributed by atoms with Crippen LogP contribution in [0.1, 0.15) is 26.2 Å². The Hall–Kier alpha value is -2.57. The summed E-state index contributed by atoms with van der Waals surface area (Å²) < 4.78 is 0. The van der Waals surface area contributed by atoms with Crippen LogP contribution in [0.4, 0.5) is 4.79 Å². The number of rotatable bonds is 8. The molecule has 0 aromatic carbocycles. The normalized spacial score (nSPS) is 15.1. The van der Waals surface area contributed by atoms with Gasteiger partial charge in [-0.1, -0.05) is 24.8 Å². The van der Waals surface area contributed by atoms with Crippen LogP contribution in [0.5, 0.6) is 0 Å². The molecule has 1 aliphatic rings. The van der Waals surface area contributed by atoms with Crippen molar-refractivity contribution in [3.05, 3.63) is 36.2 Å². The number of amides is 4. The number of nitrogens with one attached hydrogen (secondary N) is 4. The van der Waals surface area contributed by atoms with Gasteiger partial charge in [-0.05, 0) is 25.3 Å². The van der Waals surface area contributed by atoms with Crippen molar-refractivity contribution in [2.24, 2.45) is 0 Å². The molecule has 0 aliphatic carbocycles. The Labute approximate surface area is 129 Å². The predicted molar refractivity (Wildman–Crippen MR) is 83.6 cm³/mol. The smallest absolute Gasteiger partial charge is 0.320 e. The van der Waals surface area contributed by atoms with Crippen molar-refractivity contribution in [1.82, 2.24) is 21.3 Å². The molecule has 0 bridgehead atoms. The van der Waals surface area contributed by atoms with Gasteiger partial charge in [-0.15, -0.1) is 0 Å². The molecular formula is C15H22N4O3. The van der Waals surface area contributed by atoms with Crippen LogP contribution in [0.2, 0.25) is 0 Å². The molecule has 0 saturated heterocycles. The van der Waals surface area contributed by atoms with E-state index in [1.807, 2.05) is 12.2 Å². The first kappa shape index (κ1) is 17.5. The summed E-state index contributed by atoms with van der Waals surface area (Å²) in [5.41, 5.74) is 1.01. The zero-order chi connectivity index (χ0) is 16.4. The van der Waals surface area contributed by atoms with Crippen LogP contribution in [-0.4, -0.2) is 30.9 Å². The van der Waals surface area contributed by atoms with Crippen molar-refractivity contribution in [3.63, 3.8) is 0 Å². The van der Waals surface area contributed by atoms with Gasteiger partial charge in [0.25, 0.3) is 0 Å². The van der Waals surface area contributed by atoms with E-state index in [9.17, 15) is 14.4 Å². The van der Waals surface area contributed by atoms with Crippen LogP contribution in [0.25, 0.3) is 0 Å². The molecule has 0 spiro atoms. The van der Waals surface area contributed by atoms with Crippen LogP contribution >= 0.6 is 0 Å². The van der Waals surface area contributed by atoms with Gasteiger partial charge >= 0.3 is 6.03 Å². The Morgan fingerprint density at radius 2 is 2.23 bits per heavy atom. The Bertz CT molecular complexity index is 497. The van der Waals surface area contributed by atoms with Crippen molar-refractivity contribution in [1.29, 1.82) is 0 Å². The highest BCUT2D eigenvalue weighted by Gasteiger charge is 2.15. The van der Waals surface area contributed by atoms with Crippen molar-refractivity contribution in [3.8, 4) is 0 Å². The van der Waals surface area contributed by atoms with E-state index in [0.29, 0.717) is 18.7 Å². The predicted octanol–water partition coefficient (Wildman–Crippen LogP) is 0.674. The molecule has 1 aliphatic heterocycles. The maximum absolute atomic E-state index is 11.9. The van der Waals surface area contributed by atoms with E-state index in [0.717, 1.165) is 18.5 Å². The molecule has 1 rings (SSSR count). The lowest BCUT2D eigenvalue weighted by Gasteiger charge is -2.15. The highest BCUT2D eigenvalue weighted by molar-refractivity contribution is 5.85. The van der Waals surface area contributed by atoms with Crippen LogP contribution in [0.15, 0.2) is 36.2 Å². The summed E-state index contributed by atoms with van der Waals surface area (Å²) in [4.78, 5) is 33.2. The summed E-state index contributed by atoms with van der Waals surface area (Å²) in [6, 6.07) is -0.524. The van der Waals surface area contributed by atoms with Gasteiger partial charge in [0.1, 0.15) is 5.82 Å². The average molecular weight is 306 g/mol.